The largest absolute Gasteiger partial charge is 0.264 e. The van der Waals surface area contributed by atoms with Crippen molar-refractivity contribution >= 4 is 0 Å². The Morgan fingerprint density at radius 1 is 0.633 bits per heavy atom. The van der Waals surface area contributed by atoms with Gasteiger partial charge in [0.15, 0.2) is 0 Å². The molecule has 144 valence electrons. The van der Waals surface area contributed by atoms with Gasteiger partial charge in [0.1, 0.15) is 0 Å². The van der Waals surface area contributed by atoms with E-state index in [4.69, 9.17) is 6.42 Å². The summed E-state index contributed by atoms with van der Waals surface area (Å²) in [5, 5.41) is 0. The van der Waals surface area contributed by atoms with Crippen LogP contribution in [0.25, 0.3) is 0 Å². The molecule has 1 aliphatic rings. The summed E-state index contributed by atoms with van der Waals surface area (Å²) in [6, 6.07) is 40.7. The summed E-state index contributed by atoms with van der Waals surface area (Å²) >= 11 is 0. The maximum absolute atomic E-state index is 6.18. The first-order chi connectivity index (χ1) is 14.9. The highest BCUT2D eigenvalue weighted by Crippen LogP contribution is 2.50. The van der Waals surface area contributed by atoms with Gasteiger partial charge in [-0.05, 0) is 27.8 Å². The van der Waals surface area contributed by atoms with Crippen LogP contribution in [-0.2, 0) is 12.1 Å². The molecule has 1 nitrogen and oxygen atoms in total. The number of benzene rings is 4. The Bertz CT molecular complexity index is 1080. The van der Waals surface area contributed by atoms with E-state index >= 15 is 0 Å². The lowest BCUT2D eigenvalue weighted by Gasteiger charge is -2.45. The topological polar surface area (TPSA) is 3.24 Å². The lowest BCUT2D eigenvalue weighted by molar-refractivity contribution is 0.137. The van der Waals surface area contributed by atoms with Gasteiger partial charge < -0.3 is 0 Å². The van der Waals surface area contributed by atoms with Gasteiger partial charge in [0.2, 0.25) is 0 Å². The van der Waals surface area contributed by atoms with Crippen molar-refractivity contribution in [2.24, 2.45) is 0 Å². The highest BCUT2D eigenvalue weighted by molar-refractivity contribution is 5.53. The molecule has 0 bridgehead atoms. The van der Waals surface area contributed by atoms with Crippen molar-refractivity contribution in [3.05, 3.63) is 143 Å². The molecule has 0 spiro atoms. The minimum Gasteiger partial charge on any atom is -0.264 e. The maximum Gasteiger partial charge on any atom is 0.0988 e. The molecule has 0 N–H and O–H groups in total. The Morgan fingerprint density at radius 3 is 1.53 bits per heavy atom. The number of fused-ring (bicyclic) bond motifs is 1. The Morgan fingerprint density at radius 2 is 1.07 bits per heavy atom. The van der Waals surface area contributed by atoms with Crippen LogP contribution in [0.4, 0.5) is 0 Å². The quantitative estimate of drug-likeness (QED) is 0.300. The van der Waals surface area contributed by atoms with Crippen LogP contribution in [0.5, 0.6) is 0 Å². The average molecular weight is 386 g/mol. The zero-order valence-corrected chi connectivity index (χ0v) is 16.8. The molecule has 4 aromatic carbocycles. The summed E-state index contributed by atoms with van der Waals surface area (Å²) in [4.78, 5) is 2.48. The maximum atomic E-state index is 6.18. The van der Waals surface area contributed by atoms with Crippen molar-refractivity contribution < 1.29 is 0 Å². The van der Waals surface area contributed by atoms with Crippen LogP contribution in [0.1, 0.15) is 33.9 Å². The van der Waals surface area contributed by atoms with E-state index in [1.165, 1.54) is 27.8 Å². The summed E-state index contributed by atoms with van der Waals surface area (Å²) in [6.07, 6.45) is 6.18. The average Bonchev–Trinajstić information content (AvgIpc) is 3.20. The Hall–Kier alpha value is -3.60. The van der Waals surface area contributed by atoms with Crippen molar-refractivity contribution in [2.75, 3.05) is 0 Å². The monoisotopic (exact) mass is 385 g/mol. The smallest absolute Gasteiger partial charge is 0.0988 e. The first-order valence-corrected chi connectivity index (χ1v) is 10.3. The number of rotatable bonds is 4. The third-order valence-electron chi connectivity index (χ3n) is 6.17. The standard InChI is InChI=1S/C29H23N/c1-2-28-27-21-13-12-14-23(27)22-30(28)29(24-15-6-3-7-16-24,25-17-8-4-9-18-25)26-19-10-5-11-20-26/h1,3-21,28H,22H2/t28-/m1/s1. The van der Waals surface area contributed by atoms with E-state index in [2.05, 4.69) is 126 Å². The van der Waals surface area contributed by atoms with E-state index in [9.17, 15) is 0 Å². The summed E-state index contributed by atoms with van der Waals surface area (Å²) in [7, 11) is 0. The number of hydrogen-bond donors (Lipinski definition) is 0. The van der Waals surface area contributed by atoms with E-state index in [0.29, 0.717) is 0 Å². The molecule has 1 heteroatoms. The molecule has 0 amide bonds. The fourth-order valence-corrected chi connectivity index (χ4v) is 4.92. The minimum atomic E-state index is -0.500. The Balaban J connectivity index is 1.85. The van der Waals surface area contributed by atoms with Gasteiger partial charge in [-0.15, -0.1) is 6.42 Å². The van der Waals surface area contributed by atoms with E-state index in [1.54, 1.807) is 0 Å². The molecule has 0 fully saturated rings. The molecule has 4 aromatic rings. The predicted molar refractivity (Wildman–Crippen MR) is 123 cm³/mol. The molecule has 0 unspecified atom stereocenters. The molecule has 1 heterocycles. The third kappa shape index (κ3) is 2.77. The predicted octanol–water partition coefficient (Wildman–Crippen LogP) is 6.17. The molecule has 1 aliphatic heterocycles. The van der Waals surface area contributed by atoms with Crippen LogP contribution < -0.4 is 0 Å². The summed E-state index contributed by atoms with van der Waals surface area (Å²) in [6.45, 7) is 0.795. The van der Waals surface area contributed by atoms with Gasteiger partial charge in [-0.3, -0.25) is 4.90 Å². The molecule has 5 rings (SSSR count). The number of hydrogen-bond acceptors (Lipinski definition) is 1. The second kappa shape index (κ2) is 7.67. The van der Waals surface area contributed by atoms with Crippen molar-refractivity contribution in [3.8, 4) is 12.3 Å². The van der Waals surface area contributed by atoms with Gasteiger partial charge in [0.25, 0.3) is 0 Å². The van der Waals surface area contributed by atoms with Gasteiger partial charge in [0, 0.05) is 6.54 Å². The van der Waals surface area contributed by atoms with Crippen LogP contribution in [-0.4, -0.2) is 4.90 Å². The zero-order valence-electron chi connectivity index (χ0n) is 16.8. The summed E-state index contributed by atoms with van der Waals surface area (Å²) in [5.74, 6) is 3.11. The van der Waals surface area contributed by atoms with Crippen LogP contribution in [0, 0.1) is 12.3 Å². The van der Waals surface area contributed by atoms with Gasteiger partial charge in [-0.2, -0.15) is 0 Å². The molecule has 1 atom stereocenters. The number of nitrogens with zero attached hydrogens (tertiary/aromatic N) is 1. The van der Waals surface area contributed by atoms with E-state index in [0.717, 1.165) is 6.54 Å². The van der Waals surface area contributed by atoms with Crippen LogP contribution >= 0.6 is 0 Å². The Kier molecular flexibility index (Phi) is 4.71. The molecule has 0 saturated heterocycles. The third-order valence-corrected chi connectivity index (χ3v) is 6.17. The van der Waals surface area contributed by atoms with Crippen LogP contribution in [0.3, 0.4) is 0 Å². The lowest BCUT2D eigenvalue weighted by atomic mass is 9.75. The normalized spacial score (nSPS) is 16.0. The second-order valence-corrected chi connectivity index (χ2v) is 7.70. The van der Waals surface area contributed by atoms with Crippen LogP contribution in [0.2, 0.25) is 0 Å². The molecule has 0 aromatic heterocycles. The van der Waals surface area contributed by atoms with Crippen LogP contribution in [0.15, 0.2) is 115 Å². The van der Waals surface area contributed by atoms with Crippen molar-refractivity contribution in [1.29, 1.82) is 0 Å². The van der Waals surface area contributed by atoms with E-state index in [-0.39, 0.29) is 6.04 Å². The van der Waals surface area contributed by atoms with Crippen molar-refractivity contribution in [1.82, 2.24) is 4.90 Å². The highest BCUT2D eigenvalue weighted by Gasteiger charge is 2.47. The van der Waals surface area contributed by atoms with E-state index in [1.807, 2.05) is 0 Å². The second-order valence-electron chi connectivity index (χ2n) is 7.70. The first-order valence-electron chi connectivity index (χ1n) is 10.3. The van der Waals surface area contributed by atoms with Gasteiger partial charge in [-0.25, -0.2) is 0 Å². The Labute approximate surface area is 178 Å². The van der Waals surface area contributed by atoms with Crippen molar-refractivity contribution in [2.45, 2.75) is 18.1 Å². The SMILES string of the molecule is C#C[C@@H]1c2ccccc2CN1C(c1ccccc1)(c1ccccc1)c1ccccc1. The lowest BCUT2D eigenvalue weighted by Crippen LogP contribution is -2.46. The summed E-state index contributed by atoms with van der Waals surface area (Å²) in [5.41, 5.74) is 5.68. The molecule has 0 saturated carbocycles. The summed E-state index contributed by atoms with van der Waals surface area (Å²) < 4.78 is 0. The molecule has 0 aliphatic carbocycles. The number of terminal acetylenes is 1. The fraction of sp³-hybridized carbons (Fsp3) is 0.103. The fourth-order valence-electron chi connectivity index (χ4n) is 4.92. The zero-order chi connectivity index (χ0) is 20.4. The van der Waals surface area contributed by atoms with Gasteiger partial charge >= 0.3 is 0 Å². The molecular weight excluding hydrogens is 362 g/mol. The molecular formula is C29H23N. The minimum absolute atomic E-state index is 0.109. The molecule has 30 heavy (non-hydrogen) atoms. The highest BCUT2D eigenvalue weighted by atomic mass is 15.2. The van der Waals surface area contributed by atoms with E-state index < -0.39 is 5.54 Å². The van der Waals surface area contributed by atoms with Gasteiger partial charge in [-0.1, -0.05) is 121 Å². The molecule has 0 radical (unpaired) electrons. The van der Waals surface area contributed by atoms with Crippen molar-refractivity contribution in [3.63, 3.8) is 0 Å². The first kappa shape index (κ1) is 18.4. The van der Waals surface area contributed by atoms with Gasteiger partial charge in [0.05, 0.1) is 11.6 Å².